The van der Waals surface area contributed by atoms with Crippen molar-refractivity contribution < 1.29 is 5.11 Å². The molecule has 0 radical (unpaired) electrons. The molecule has 0 saturated carbocycles. The van der Waals surface area contributed by atoms with Crippen molar-refractivity contribution in [3.63, 3.8) is 0 Å². The fraction of sp³-hybridized carbons (Fsp3) is 0.400. The molecule has 2 N–H and O–H groups in total. The molecule has 0 fully saturated rings. The zero-order valence-corrected chi connectivity index (χ0v) is 9.65. The van der Waals surface area contributed by atoms with Crippen molar-refractivity contribution in [3.8, 4) is 5.75 Å². The highest BCUT2D eigenvalue weighted by Crippen LogP contribution is 2.30. The number of phenolic OH excluding ortho intramolecular Hbond substituents is 1. The van der Waals surface area contributed by atoms with Gasteiger partial charge in [0.1, 0.15) is 5.75 Å². The van der Waals surface area contributed by atoms with Crippen LogP contribution in [0.4, 0.5) is 0 Å². The van der Waals surface area contributed by atoms with Gasteiger partial charge in [-0.25, -0.2) is 0 Å². The average molecular weight is 234 g/mol. The van der Waals surface area contributed by atoms with Crippen LogP contribution in [0, 0.1) is 0 Å². The molecule has 78 valence electrons. The van der Waals surface area contributed by atoms with Crippen molar-refractivity contribution in [2.45, 2.75) is 26.4 Å². The molecule has 0 spiro atoms. The van der Waals surface area contributed by atoms with Crippen molar-refractivity contribution in [1.82, 2.24) is 5.32 Å². The van der Waals surface area contributed by atoms with Gasteiger partial charge in [-0.05, 0) is 12.1 Å². The molecule has 14 heavy (non-hydrogen) atoms. The van der Waals surface area contributed by atoms with Gasteiger partial charge in [0.15, 0.2) is 0 Å². The molecule has 0 aliphatic heterocycles. The van der Waals surface area contributed by atoms with Gasteiger partial charge in [-0.3, -0.25) is 0 Å². The number of hydrogen-bond acceptors (Lipinski definition) is 2. The Kier molecular flexibility index (Phi) is 4.05. The molecule has 0 atom stereocenters. The van der Waals surface area contributed by atoms with Gasteiger partial charge in [-0.2, -0.15) is 0 Å². The van der Waals surface area contributed by atoms with Gasteiger partial charge in [0.25, 0.3) is 0 Å². The molecule has 1 aromatic carbocycles. The summed E-state index contributed by atoms with van der Waals surface area (Å²) in [7, 11) is 0. The van der Waals surface area contributed by atoms with E-state index < -0.39 is 0 Å². The molecule has 4 heteroatoms. The Labute approximate surface area is 93.8 Å². The molecule has 0 unspecified atom stereocenters. The van der Waals surface area contributed by atoms with E-state index in [-0.39, 0.29) is 10.8 Å². The molecule has 0 amide bonds. The summed E-state index contributed by atoms with van der Waals surface area (Å²) in [5.74, 6) is 0.101. The summed E-state index contributed by atoms with van der Waals surface area (Å²) in [6.45, 7) is 4.62. The summed E-state index contributed by atoms with van der Waals surface area (Å²) >= 11 is 11.6. The van der Waals surface area contributed by atoms with Crippen LogP contribution in [0.3, 0.4) is 0 Å². The fourth-order valence-electron chi connectivity index (χ4n) is 1.07. The van der Waals surface area contributed by atoms with Crippen molar-refractivity contribution in [2.24, 2.45) is 0 Å². The minimum Gasteiger partial charge on any atom is -0.506 e. The van der Waals surface area contributed by atoms with Crippen molar-refractivity contribution in [2.75, 3.05) is 0 Å². The first kappa shape index (κ1) is 11.6. The second-order valence-corrected chi connectivity index (χ2v) is 4.27. The summed E-state index contributed by atoms with van der Waals surface area (Å²) in [5, 5.41) is 13.6. The highest BCUT2D eigenvalue weighted by Gasteiger charge is 2.07. The van der Waals surface area contributed by atoms with E-state index in [0.717, 1.165) is 5.56 Å². The minimum atomic E-state index is 0.101. The van der Waals surface area contributed by atoms with Gasteiger partial charge >= 0.3 is 0 Å². The molecule has 0 aliphatic carbocycles. The van der Waals surface area contributed by atoms with Crippen LogP contribution in [0.2, 0.25) is 10.0 Å². The maximum Gasteiger partial charge on any atom is 0.138 e. The van der Waals surface area contributed by atoms with Crippen molar-refractivity contribution >= 4 is 23.2 Å². The third kappa shape index (κ3) is 3.05. The summed E-state index contributed by atoms with van der Waals surface area (Å²) in [6.07, 6.45) is 0. The van der Waals surface area contributed by atoms with E-state index in [2.05, 4.69) is 5.32 Å². The van der Waals surface area contributed by atoms with Crippen LogP contribution < -0.4 is 5.32 Å². The molecule has 0 bridgehead atoms. The van der Waals surface area contributed by atoms with E-state index in [1.54, 1.807) is 6.07 Å². The Hall–Kier alpha value is -0.440. The number of aromatic hydroxyl groups is 1. The Bertz CT molecular complexity index is 326. The van der Waals surface area contributed by atoms with Crippen LogP contribution >= 0.6 is 23.2 Å². The highest BCUT2D eigenvalue weighted by molar-refractivity contribution is 6.35. The van der Waals surface area contributed by atoms with Gasteiger partial charge < -0.3 is 10.4 Å². The molecule has 2 nitrogen and oxygen atoms in total. The molecule has 0 aromatic heterocycles. The monoisotopic (exact) mass is 233 g/mol. The Morgan fingerprint density at radius 3 is 2.57 bits per heavy atom. The molecule has 0 heterocycles. The second-order valence-electron chi connectivity index (χ2n) is 3.43. The van der Waals surface area contributed by atoms with E-state index in [0.29, 0.717) is 17.6 Å². The van der Waals surface area contributed by atoms with E-state index in [1.165, 1.54) is 6.07 Å². The van der Waals surface area contributed by atoms with Crippen LogP contribution in [0.1, 0.15) is 19.4 Å². The topological polar surface area (TPSA) is 32.3 Å². The Balaban J connectivity index is 2.85. The molecular formula is C10H13Cl2NO. The average Bonchev–Trinajstić information content (AvgIpc) is 2.08. The largest absolute Gasteiger partial charge is 0.506 e. The maximum atomic E-state index is 9.60. The van der Waals surface area contributed by atoms with Gasteiger partial charge in [-0.1, -0.05) is 37.0 Å². The van der Waals surface area contributed by atoms with Crippen LogP contribution in [0.15, 0.2) is 12.1 Å². The first-order valence-electron chi connectivity index (χ1n) is 4.41. The van der Waals surface area contributed by atoms with E-state index >= 15 is 0 Å². The highest BCUT2D eigenvalue weighted by atomic mass is 35.5. The third-order valence-corrected chi connectivity index (χ3v) is 2.31. The number of nitrogens with one attached hydrogen (secondary N) is 1. The zero-order valence-electron chi connectivity index (χ0n) is 8.14. The first-order chi connectivity index (χ1) is 6.50. The second kappa shape index (κ2) is 4.87. The van der Waals surface area contributed by atoms with Gasteiger partial charge in [0.05, 0.1) is 5.02 Å². The zero-order chi connectivity index (χ0) is 10.7. The van der Waals surface area contributed by atoms with Gasteiger partial charge in [-0.15, -0.1) is 0 Å². The number of hydrogen-bond donors (Lipinski definition) is 2. The van der Waals surface area contributed by atoms with Crippen LogP contribution in [-0.2, 0) is 6.54 Å². The Morgan fingerprint density at radius 2 is 2.00 bits per heavy atom. The SMILES string of the molecule is CC(C)NCc1cc(Cl)cc(Cl)c1O. The van der Waals surface area contributed by atoms with Crippen molar-refractivity contribution in [3.05, 3.63) is 27.7 Å². The van der Waals surface area contributed by atoms with Gasteiger partial charge in [0.2, 0.25) is 0 Å². The standard InChI is InChI=1S/C10H13Cl2NO/c1-6(2)13-5-7-3-8(11)4-9(12)10(7)14/h3-4,6,13-14H,5H2,1-2H3. The lowest BCUT2D eigenvalue weighted by Gasteiger charge is -2.10. The molecular weight excluding hydrogens is 221 g/mol. The lowest BCUT2D eigenvalue weighted by atomic mass is 10.2. The predicted octanol–water partition coefficient (Wildman–Crippen LogP) is 3.20. The molecule has 0 saturated heterocycles. The fourth-order valence-corrected chi connectivity index (χ4v) is 1.60. The van der Waals surface area contributed by atoms with E-state index in [9.17, 15) is 5.11 Å². The smallest absolute Gasteiger partial charge is 0.138 e. The third-order valence-electron chi connectivity index (χ3n) is 1.81. The number of halogens is 2. The minimum absolute atomic E-state index is 0.101. The number of rotatable bonds is 3. The Morgan fingerprint density at radius 1 is 1.36 bits per heavy atom. The first-order valence-corrected chi connectivity index (χ1v) is 5.16. The van der Waals surface area contributed by atoms with Crippen LogP contribution in [0.25, 0.3) is 0 Å². The molecule has 1 rings (SSSR count). The predicted molar refractivity (Wildman–Crippen MR) is 60.1 cm³/mol. The van der Waals surface area contributed by atoms with Crippen LogP contribution in [0.5, 0.6) is 5.75 Å². The number of benzene rings is 1. The van der Waals surface area contributed by atoms with E-state index in [4.69, 9.17) is 23.2 Å². The summed E-state index contributed by atoms with van der Waals surface area (Å²) in [6, 6.07) is 3.59. The normalized spacial score (nSPS) is 10.9. The van der Waals surface area contributed by atoms with Gasteiger partial charge in [0, 0.05) is 23.2 Å². The maximum absolute atomic E-state index is 9.60. The lowest BCUT2D eigenvalue weighted by Crippen LogP contribution is -2.21. The molecule has 0 aliphatic rings. The summed E-state index contributed by atoms with van der Waals surface area (Å²) < 4.78 is 0. The summed E-state index contributed by atoms with van der Waals surface area (Å²) in [5.41, 5.74) is 0.719. The quantitative estimate of drug-likeness (QED) is 0.841. The lowest BCUT2D eigenvalue weighted by molar-refractivity contribution is 0.461. The van der Waals surface area contributed by atoms with E-state index in [1.807, 2.05) is 13.8 Å². The summed E-state index contributed by atoms with van der Waals surface area (Å²) in [4.78, 5) is 0. The van der Waals surface area contributed by atoms with Crippen molar-refractivity contribution in [1.29, 1.82) is 0 Å². The number of phenols is 1. The molecule has 1 aromatic rings. The van der Waals surface area contributed by atoms with Crippen LogP contribution in [-0.4, -0.2) is 11.1 Å².